The molecule has 2 heterocycles. The van der Waals surface area contributed by atoms with Gasteiger partial charge in [-0.1, -0.05) is 25.1 Å². The number of pyridine rings is 1. The molecule has 24 heavy (non-hydrogen) atoms. The van der Waals surface area contributed by atoms with Crippen LogP contribution in [0.15, 0.2) is 58.7 Å². The molecular weight excluding hydrogens is 318 g/mol. The average molecular weight is 335 g/mol. The monoisotopic (exact) mass is 335 g/mol. The van der Waals surface area contributed by atoms with E-state index in [9.17, 15) is 4.79 Å². The fraction of sp³-hybridized carbons (Fsp3) is 0.150. The third-order valence-corrected chi connectivity index (χ3v) is 5.31. The Morgan fingerprint density at radius 3 is 2.58 bits per heavy atom. The van der Waals surface area contributed by atoms with Crippen LogP contribution in [0.4, 0.5) is 0 Å². The lowest BCUT2D eigenvalue weighted by Crippen LogP contribution is -2.18. The van der Waals surface area contributed by atoms with Crippen molar-refractivity contribution in [1.29, 1.82) is 0 Å². The standard InChI is InChI=1S/C20H17NO2S/c1-3-14-17(23-2)10-9-16-18(14)15-11-12-24-19(15)20(22)21(16)13-7-5-4-6-8-13/h4-12H,3H2,1-2H3. The molecule has 0 atom stereocenters. The van der Waals surface area contributed by atoms with Crippen LogP contribution in [0, 0.1) is 0 Å². The second-order valence-corrected chi connectivity index (χ2v) is 6.55. The largest absolute Gasteiger partial charge is 0.496 e. The number of methoxy groups -OCH3 is 1. The van der Waals surface area contributed by atoms with E-state index in [1.807, 2.05) is 58.5 Å². The maximum absolute atomic E-state index is 13.1. The summed E-state index contributed by atoms with van der Waals surface area (Å²) in [5, 5.41) is 4.11. The smallest absolute Gasteiger partial charge is 0.273 e. The van der Waals surface area contributed by atoms with Crippen molar-refractivity contribution in [1.82, 2.24) is 4.57 Å². The minimum absolute atomic E-state index is 0.0333. The van der Waals surface area contributed by atoms with E-state index in [4.69, 9.17) is 4.74 Å². The number of rotatable bonds is 3. The Bertz CT molecular complexity index is 1090. The zero-order valence-electron chi connectivity index (χ0n) is 13.6. The van der Waals surface area contributed by atoms with Gasteiger partial charge in [0.25, 0.3) is 5.56 Å². The predicted octanol–water partition coefficient (Wildman–Crippen LogP) is 4.78. The molecule has 0 N–H and O–H groups in total. The van der Waals surface area contributed by atoms with E-state index in [1.165, 1.54) is 11.3 Å². The first-order chi connectivity index (χ1) is 11.8. The van der Waals surface area contributed by atoms with Crippen LogP contribution in [0.2, 0.25) is 0 Å². The average Bonchev–Trinajstić information content (AvgIpc) is 3.12. The van der Waals surface area contributed by atoms with Gasteiger partial charge in [0.2, 0.25) is 0 Å². The normalized spacial score (nSPS) is 11.2. The van der Waals surface area contributed by atoms with Crippen molar-refractivity contribution < 1.29 is 4.74 Å². The number of ether oxygens (including phenoxy) is 1. The number of aryl methyl sites for hydroxylation is 1. The SMILES string of the molecule is CCc1c(OC)ccc2c1c1ccsc1c(=O)n2-c1ccccc1. The molecule has 0 saturated carbocycles. The van der Waals surface area contributed by atoms with E-state index in [0.29, 0.717) is 0 Å². The van der Waals surface area contributed by atoms with Gasteiger partial charge in [-0.3, -0.25) is 9.36 Å². The van der Waals surface area contributed by atoms with Crippen molar-refractivity contribution >= 4 is 32.3 Å². The molecule has 2 aromatic heterocycles. The third kappa shape index (κ3) is 2.07. The van der Waals surface area contributed by atoms with Gasteiger partial charge in [0.05, 0.1) is 12.6 Å². The summed E-state index contributed by atoms with van der Waals surface area (Å²) in [6.45, 7) is 2.12. The van der Waals surface area contributed by atoms with Gasteiger partial charge in [-0.25, -0.2) is 0 Å². The molecule has 0 radical (unpaired) electrons. The number of para-hydroxylation sites is 1. The number of hydrogen-bond donors (Lipinski definition) is 0. The van der Waals surface area contributed by atoms with Crippen molar-refractivity contribution in [2.45, 2.75) is 13.3 Å². The molecule has 0 aliphatic carbocycles. The Morgan fingerprint density at radius 1 is 1.08 bits per heavy atom. The highest BCUT2D eigenvalue weighted by molar-refractivity contribution is 7.17. The molecule has 120 valence electrons. The first-order valence-electron chi connectivity index (χ1n) is 7.93. The van der Waals surface area contributed by atoms with Gasteiger partial charge in [0.15, 0.2) is 0 Å². The molecule has 4 heteroatoms. The summed E-state index contributed by atoms with van der Waals surface area (Å²) in [7, 11) is 1.69. The molecule has 0 saturated heterocycles. The van der Waals surface area contributed by atoms with Crippen LogP contribution in [0.1, 0.15) is 12.5 Å². The molecule has 4 aromatic rings. The number of aromatic nitrogens is 1. The van der Waals surface area contributed by atoms with Crippen LogP contribution in [0.5, 0.6) is 5.75 Å². The van der Waals surface area contributed by atoms with Crippen molar-refractivity contribution in [2.24, 2.45) is 0 Å². The zero-order valence-corrected chi connectivity index (χ0v) is 14.4. The number of thiophene rings is 1. The number of hydrogen-bond acceptors (Lipinski definition) is 3. The zero-order chi connectivity index (χ0) is 16.7. The highest BCUT2D eigenvalue weighted by Gasteiger charge is 2.17. The van der Waals surface area contributed by atoms with Gasteiger partial charge in [-0.15, -0.1) is 11.3 Å². The van der Waals surface area contributed by atoms with Crippen LogP contribution >= 0.6 is 11.3 Å². The fourth-order valence-electron chi connectivity index (χ4n) is 3.36. The molecular formula is C20H17NO2S. The lowest BCUT2D eigenvalue weighted by Gasteiger charge is -2.16. The maximum atomic E-state index is 13.1. The highest BCUT2D eigenvalue weighted by Crippen LogP contribution is 2.35. The molecule has 0 bridgehead atoms. The Kier molecular flexibility index (Phi) is 3.62. The lowest BCUT2D eigenvalue weighted by atomic mass is 10.0. The molecule has 0 fully saturated rings. The summed E-state index contributed by atoms with van der Waals surface area (Å²) < 4.78 is 8.16. The molecule has 0 aliphatic rings. The lowest BCUT2D eigenvalue weighted by molar-refractivity contribution is 0.411. The predicted molar refractivity (Wildman–Crippen MR) is 101 cm³/mol. The maximum Gasteiger partial charge on any atom is 0.273 e. The number of fused-ring (bicyclic) bond motifs is 3. The van der Waals surface area contributed by atoms with Gasteiger partial charge in [-0.05, 0) is 42.1 Å². The van der Waals surface area contributed by atoms with Crippen LogP contribution in [0.3, 0.4) is 0 Å². The Labute approximate surface area is 143 Å². The molecule has 0 aliphatic heterocycles. The Balaban J connectivity index is 2.28. The van der Waals surface area contributed by atoms with E-state index in [2.05, 4.69) is 6.92 Å². The van der Waals surface area contributed by atoms with Crippen molar-refractivity contribution in [3.8, 4) is 11.4 Å². The molecule has 3 nitrogen and oxygen atoms in total. The van der Waals surface area contributed by atoms with Crippen LogP contribution < -0.4 is 10.3 Å². The van der Waals surface area contributed by atoms with Gasteiger partial charge < -0.3 is 4.74 Å². The van der Waals surface area contributed by atoms with Crippen LogP contribution in [0.25, 0.3) is 26.7 Å². The van der Waals surface area contributed by atoms with E-state index in [-0.39, 0.29) is 5.56 Å². The summed E-state index contributed by atoms with van der Waals surface area (Å²) >= 11 is 1.50. The number of benzene rings is 2. The Morgan fingerprint density at radius 2 is 1.88 bits per heavy atom. The summed E-state index contributed by atoms with van der Waals surface area (Å²) in [5.41, 5.74) is 2.98. The van der Waals surface area contributed by atoms with Crippen LogP contribution in [-0.4, -0.2) is 11.7 Å². The van der Waals surface area contributed by atoms with E-state index < -0.39 is 0 Å². The summed E-state index contributed by atoms with van der Waals surface area (Å²) in [6, 6.07) is 15.8. The molecule has 4 rings (SSSR count). The molecule has 0 amide bonds. The highest BCUT2D eigenvalue weighted by atomic mass is 32.1. The van der Waals surface area contributed by atoms with Crippen LogP contribution in [-0.2, 0) is 6.42 Å². The Hall–Kier alpha value is -2.59. The minimum atomic E-state index is 0.0333. The molecule has 0 spiro atoms. The second kappa shape index (κ2) is 5.80. The van der Waals surface area contributed by atoms with Crippen molar-refractivity contribution in [2.75, 3.05) is 7.11 Å². The third-order valence-electron chi connectivity index (χ3n) is 4.41. The van der Waals surface area contributed by atoms with Crippen molar-refractivity contribution in [3.05, 3.63) is 69.8 Å². The summed E-state index contributed by atoms with van der Waals surface area (Å²) in [5.74, 6) is 0.871. The minimum Gasteiger partial charge on any atom is -0.496 e. The quantitative estimate of drug-likeness (QED) is 0.540. The first kappa shape index (κ1) is 15.0. The fourth-order valence-corrected chi connectivity index (χ4v) is 4.19. The van der Waals surface area contributed by atoms with E-state index in [1.54, 1.807) is 7.11 Å². The van der Waals surface area contributed by atoms with Gasteiger partial charge in [-0.2, -0.15) is 0 Å². The number of nitrogens with zero attached hydrogens (tertiary/aromatic N) is 1. The first-order valence-corrected chi connectivity index (χ1v) is 8.81. The van der Waals surface area contributed by atoms with E-state index >= 15 is 0 Å². The van der Waals surface area contributed by atoms with Gasteiger partial charge in [0, 0.05) is 22.0 Å². The van der Waals surface area contributed by atoms with Gasteiger partial charge in [0.1, 0.15) is 10.4 Å². The summed E-state index contributed by atoms with van der Waals surface area (Å²) in [4.78, 5) is 13.1. The second-order valence-electron chi connectivity index (χ2n) is 5.63. The van der Waals surface area contributed by atoms with E-state index in [0.717, 1.165) is 44.4 Å². The van der Waals surface area contributed by atoms with Crippen molar-refractivity contribution in [3.63, 3.8) is 0 Å². The topological polar surface area (TPSA) is 31.2 Å². The molecule has 2 aromatic carbocycles. The summed E-state index contributed by atoms with van der Waals surface area (Å²) in [6.07, 6.45) is 0.846. The van der Waals surface area contributed by atoms with Gasteiger partial charge >= 0.3 is 0 Å². The molecule has 0 unspecified atom stereocenters.